The van der Waals surface area contributed by atoms with Crippen molar-refractivity contribution in [2.45, 2.75) is 6.54 Å². The first-order chi connectivity index (χ1) is 10.7. The van der Waals surface area contributed by atoms with Crippen molar-refractivity contribution in [1.82, 2.24) is 9.97 Å². The van der Waals surface area contributed by atoms with Gasteiger partial charge in [0.05, 0.1) is 5.02 Å². The fraction of sp³-hybridized carbons (Fsp3) is 0.333. The minimum atomic E-state index is -0.405. The third kappa shape index (κ3) is 3.81. The number of halogens is 2. The molecular formula is C15H16ClFN4S. The van der Waals surface area contributed by atoms with Crippen LogP contribution >= 0.6 is 23.4 Å². The molecule has 4 nitrogen and oxygen atoms in total. The molecule has 1 saturated heterocycles. The first-order valence-corrected chi connectivity index (χ1v) is 8.58. The average molecular weight is 339 g/mol. The molecule has 0 atom stereocenters. The number of nitrogens with zero attached hydrogens (tertiary/aromatic N) is 3. The van der Waals surface area contributed by atoms with Crippen LogP contribution in [0.5, 0.6) is 0 Å². The largest absolute Gasteiger partial charge is 0.366 e. The average Bonchev–Trinajstić information content (AvgIpc) is 2.57. The molecule has 0 unspecified atom stereocenters. The number of thioether (sulfide) groups is 1. The minimum Gasteiger partial charge on any atom is -0.366 e. The number of nitrogens with one attached hydrogen (secondary N) is 1. The Morgan fingerprint density at radius 1 is 1.23 bits per heavy atom. The Bertz CT molecular complexity index is 649. The third-order valence-electron chi connectivity index (χ3n) is 3.45. The lowest BCUT2D eigenvalue weighted by Gasteiger charge is -2.27. The van der Waals surface area contributed by atoms with E-state index in [1.165, 1.54) is 6.07 Å². The summed E-state index contributed by atoms with van der Waals surface area (Å²) in [5.41, 5.74) is 0.904. The lowest BCUT2D eigenvalue weighted by molar-refractivity contribution is 0.627. The van der Waals surface area contributed by atoms with Gasteiger partial charge in [-0.25, -0.2) is 14.4 Å². The number of hydrogen-bond donors (Lipinski definition) is 1. The topological polar surface area (TPSA) is 41.0 Å². The second-order valence-electron chi connectivity index (χ2n) is 4.96. The summed E-state index contributed by atoms with van der Waals surface area (Å²) in [6.07, 6.45) is 1.57. The van der Waals surface area contributed by atoms with Gasteiger partial charge < -0.3 is 10.2 Å². The van der Waals surface area contributed by atoms with Gasteiger partial charge in [-0.3, -0.25) is 0 Å². The zero-order chi connectivity index (χ0) is 15.4. The first-order valence-electron chi connectivity index (χ1n) is 7.05. The molecule has 0 amide bonds. The number of benzene rings is 1. The highest BCUT2D eigenvalue weighted by Crippen LogP contribution is 2.20. The summed E-state index contributed by atoms with van der Waals surface area (Å²) in [4.78, 5) is 10.8. The Labute approximate surface area is 138 Å². The maximum atomic E-state index is 13.1. The summed E-state index contributed by atoms with van der Waals surface area (Å²) >= 11 is 7.75. The zero-order valence-electron chi connectivity index (χ0n) is 11.9. The van der Waals surface area contributed by atoms with Gasteiger partial charge in [-0.15, -0.1) is 0 Å². The monoisotopic (exact) mass is 338 g/mol. The predicted molar refractivity (Wildman–Crippen MR) is 90.3 cm³/mol. The first kappa shape index (κ1) is 15.4. The predicted octanol–water partition coefficient (Wildman–Crippen LogP) is 3.43. The molecule has 1 N–H and O–H groups in total. The highest BCUT2D eigenvalue weighted by molar-refractivity contribution is 7.99. The Morgan fingerprint density at radius 2 is 2.05 bits per heavy atom. The molecule has 22 heavy (non-hydrogen) atoms. The van der Waals surface area contributed by atoms with Crippen LogP contribution in [0, 0.1) is 5.82 Å². The molecule has 3 rings (SSSR count). The van der Waals surface area contributed by atoms with E-state index in [2.05, 4.69) is 20.2 Å². The molecular weight excluding hydrogens is 323 g/mol. The molecule has 0 saturated carbocycles. The molecule has 0 bridgehead atoms. The van der Waals surface area contributed by atoms with Crippen molar-refractivity contribution < 1.29 is 4.39 Å². The van der Waals surface area contributed by atoms with E-state index in [0.717, 1.165) is 41.8 Å². The summed E-state index contributed by atoms with van der Waals surface area (Å²) in [7, 11) is 0. The Balaban J connectivity index is 1.66. The van der Waals surface area contributed by atoms with Crippen molar-refractivity contribution in [1.29, 1.82) is 0 Å². The molecule has 1 aliphatic heterocycles. The maximum Gasteiger partial charge on any atom is 0.141 e. The van der Waals surface area contributed by atoms with Crippen LogP contribution in [0.2, 0.25) is 5.02 Å². The second kappa shape index (κ2) is 7.15. The third-order valence-corrected chi connectivity index (χ3v) is 4.68. The number of anilines is 2. The van der Waals surface area contributed by atoms with Gasteiger partial charge in [-0.2, -0.15) is 11.8 Å². The molecule has 2 heterocycles. The van der Waals surface area contributed by atoms with Crippen LogP contribution < -0.4 is 10.2 Å². The molecule has 7 heteroatoms. The lowest BCUT2D eigenvalue weighted by atomic mass is 10.2. The van der Waals surface area contributed by atoms with Crippen LogP contribution in [0.4, 0.5) is 16.0 Å². The normalized spacial score (nSPS) is 14.9. The van der Waals surface area contributed by atoms with Gasteiger partial charge in [0, 0.05) is 37.2 Å². The van der Waals surface area contributed by atoms with Crippen molar-refractivity contribution in [3.8, 4) is 0 Å². The second-order valence-corrected chi connectivity index (χ2v) is 6.59. The summed E-state index contributed by atoms with van der Waals surface area (Å²) in [6, 6.07) is 6.64. The van der Waals surface area contributed by atoms with Gasteiger partial charge >= 0.3 is 0 Å². The van der Waals surface area contributed by atoms with Crippen molar-refractivity contribution >= 4 is 35.0 Å². The number of aromatic nitrogens is 2. The smallest absolute Gasteiger partial charge is 0.141 e. The van der Waals surface area contributed by atoms with Gasteiger partial charge in [0.2, 0.25) is 0 Å². The van der Waals surface area contributed by atoms with Gasteiger partial charge in [0.25, 0.3) is 0 Å². The summed E-state index contributed by atoms with van der Waals surface area (Å²) in [5, 5.41) is 3.36. The summed E-state index contributed by atoms with van der Waals surface area (Å²) in [6.45, 7) is 2.55. The standard InChI is InChI=1S/C15H16ClFN4S/c16-12-7-11(1-2-13(12)17)9-18-14-8-15(20-10-19-14)21-3-5-22-6-4-21/h1-2,7-8,10H,3-6,9H2,(H,18,19,20). The van der Waals surface area contributed by atoms with E-state index >= 15 is 0 Å². The molecule has 1 aromatic carbocycles. The van der Waals surface area contributed by atoms with Crippen molar-refractivity contribution in [2.24, 2.45) is 0 Å². The van der Waals surface area contributed by atoms with E-state index in [1.54, 1.807) is 18.5 Å². The molecule has 1 aromatic heterocycles. The molecule has 0 aliphatic carbocycles. The zero-order valence-corrected chi connectivity index (χ0v) is 13.5. The molecule has 0 spiro atoms. The van der Waals surface area contributed by atoms with Crippen LogP contribution in [0.1, 0.15) is 5.56 Å². The van der Waals surface area contributed by atoms with Gasteiger partial charge in [0.15, 0.2) is 0 Å². The van der Waals surface area contributed by atoms with E-state index in [9.17, 15) is 4.39 Å². The van der Waals surface area contributed by atoms with Crippen LogP contribution in [0.25, 0.3) is 0 Å². The van der Waals surface area contributed by atoms with Crippen molar-refractivity contribution in [2.75, 3.05) is 34.8 Å². The number of hydrogen-bond acceptors (Lipinski definition) is 5. The highest BCUT2D eigenvalue weighted by atomic mass is 35.5. The van der Waals surface area contributed by atoms with E-state index in [-0.39, 0.29) is 5.02 Å². The van der Waals surface area contributed by atoms with E-state index in [1.807, 2.05) is 17.8 Å². The van der Waals surface area contributed by atoms with Gasteiger partial charge in [-0.1, -0.05) is 17.7 Å². The van der Waals surface area contributed by atoms with E-state index in [0.29, 0.717) is 6.54 Å². The van der Waals surface area contributed by atoms with E-state index < -0.39 is 5.82 Å². The molecule has 2 aromatic rings. The molecule has 116 valence electrons. The summed E-state index contributed by atoms with van der Waals surface area (Å²) in [5.74, 6) is 3.54. The fourth-order valence-electron chi connectivity index (χ4n) is 2.25. The quantitative estimate of drug-likeness (QED) is 0.925. The Morgan fingerprint density at radius 3 is 2.82 bits per heavy atom. The Hall–Kier alpha value is -1.53. The van der Waals surface area contributed by atoms with Gasteiger partial charge in [0.1, 0.15) is 23.8 Å². The van der Waals surface area contributed by atoms with Crippen LogP contribution in [-0.4, -0.2) is 34.6 Å². The SMILES string of the molecule is Fc1ccc(CNc2cc(N3CCSCC3)ncn2)cc1Cl. The molecule has 1 fully saturated rings. The summed E-state index contributed by atoms with van der Waals surface area (Å²) < 4.78 is 13.1. The molecule has 0 radical (unpaired) electrons. The minimum absolute atomic E-state index is 0.133. The number of rotatable bonds is 4. The van der Waals surface area contributed by atoms with Crippen molar-refractivity contribution in [3.63, 3.8) is 0 Å². The maximum absolute atomic E-state index is 13.1. The molecule has 1 aliphatic rings. The van der Waals surface area contributed by atoms with Crippen molar-refractivity contribution in [3.05, 3.63) is 47.0 Å². The van der Waals surface area contributed by atoms with Crippen LogP contribution in [0.15, 0.2) is 30.6 Å². The van der Waals surface area contributed by atoms with Crippen LogP contribution in [0.3, 0.4) is 0 Å². The highest BCUT2D eigenvalue weighted by Gasteiger charge is 2.12. The fourth-order valence-corrected chi connectivity index (χ4v) is 3.36. The lowest BCUT2D eigenvalue weighted by Crippen LogP contribution is -2.33. The van der Waals surface area contributed by atoms with Gasteiger partial charge in [-0.05, 0) is 17.7 Å². The Kier molecular flexibility index (Phi) is 5.00. The van der Waals surface area contributed by atoms with E-state index in [4.69, 9.17) is 11.6 Å². The van der Waals surface area contributed by atoms with Crippen LogP contribution in [-0.2, 0) is 6.54 Å².